The number of fused-ring (bicyclic) bond motifs is 7. The molecule has 0 aliphatic heterocycles. The number of hydrogen-bond acceptors (Lipinski definition) is 4. The summed E-state index contributed by atoms with van der Waals surface area (Å²) in [5, 5.41) is 1.10. The van der Waals surface area contributed by atoms with Crippen LogP contribution in [0.3, 0.4) is 0 Å². The van der Waals surface area contributed by atoms with Crippen LogP contribution in [-0.4, -0.2) is 19.9 Å². The van der Waals surface area contributed by atoms with Gasteiger partial charge in [-0.05, 0) is 75.5 Å². The fourth-order valence-electron chi connectivity index (χ4n) is 9.04. The monoisotopic (exact) mass is 684 g/mol. The quantitative estimate of drug-likeness (QED) is 0.120. The molecule has 4 heteroatoms. The summed E-state index contributed by atoms with van der Waals surface area (Å²) >= 11 is 0. The van der Waals surface area contributed by atoms with Crippen molar-refractivity contribution < 1.29 is 0 Å². The van der Waals surface area contributed by atoms with Crippen molar-refractivity contribution in [1.29, 1.82) is 0 Å². The normalized spacial score (nSPS) is 14.7. The van der Waals surface area contributed by atoms with Gasteiger partial charge in [0.05, 0.1) is 11.2 Å². The third-order valence-corrected chi connectivity index (χ3v) is 11.8. The third-order valence-electron chi connectivity index (χ3n) is 11.8. The number of benzene rings is 4. The zero-order valence-corrected chi connectivity index (χ0v) is 31.9. The highest BCUT2D eigenvalue weighted by atomic mass is 15.0. The number of rotatable bonds is 12. The molecule has 6 aromatic rings. The maximum atomic E-state index is 5.56. The Hall–Kier alpha value is -4.70. The Kier molecular flexibility index (Phi) is 9.06. The summed E-state index contributed by atoms with van der Waals surface area (Å²) in [6.45, 7) is 13.9. The van der Waals surface area contributed by atoms with E-state index in [1.807, 2.05) is 0 Å². The Morgan fingerprint density at radius 3 is 1.69 bits per heavy atom. The van der Waals surface area contributed by atoms with Gasteiger partial charge < -0.3 is 0 Å². The van der Waals surface area contributed by atoms with E-state index in [-0.39, 0.29) is 10.8 Å². The molecule has 0 amide bonds. The molecule has 0 radical (unpaired) electrons. The lowest BCUT2D eigenvalue weighted by Gasteiger charge is -2.25. The zero-order valence-electron chi connectivity index (χ0n) is 31.9. The van der Waals surface area contributed by atoms with Crippen LogP contribution in [-0.2, 0) is 23.7 Å². The molecule has 0 bridgehead atoms. The smallest absolute Gasteiger partial charge is 0.164 e. The van der Waals surface area contributed by atoms with Crippen LogP contribution in [0.4, 0.5) is 0 Å². The van der Waals surface area contributed by atoms with Crippen LogP contribution in [0.15, 0.2) is 84.9 Å². The van der Waals surface area contributed by atoms with Crippen molar-refractivity contribution >= 4 is 10.9 Å². The van der Waals surface area contributed by atoms with Gasteiger partial charge in [-0.2, -0.15) is 0 Å². The van der Waals surface area contributed by atoms with Crippen molar-refractivity contribution in [3.8, 4) is 44.9 Å². The van der Waals surface area contributed by atoms with Gasteiger partial charge in [0.25, 0.3) is 0 Å². The van der Waals surface area contributed by atoms with E-state index in [2.05, 4.69) is 126 Å². The van der Waals surface area contributed by atoms with Gasteiger partial charge in [-0.25, -0.2) is 19.9 Å². The molecule has 0 atom stereocenters. The summed E-state index contributed by atoms with van der Waals surface area (Å²) in [6, 6.07) is 31.5. The average Bonchev–Trinajstić information content (AvgIpc) is 3.53. The van der Waals surface area contributed by atoms with Crippen molar-refractivity contribution in [1.82, 2.24) is 19.9 Å². The second-order valence-corrected chi connectivity index (χ2v) is 16.2. The van der Waals surface area contributed by atoms with Crippen molar-refractivity contribution in [2.45, 2.75) is 117 Å². The minimum atomic E-state index is -0.161. The molecular weight excluding hydrogens is 633 g/mol. The predicted octanol–water partition coefficient (Wildman–Crippen LogP) is 12.6. The van der Waals surface area contributed by atoms with Crippen LogP contribution in [0.25, 0.3) is 55.8 Å². The van der Waals surface area contributed by atoms with Gasteiger partial charge in [0, 0.05) is 40.2 Å². The summed E-state index contributed by atoms with van der Waals surface area (Å²) in [6.07, 6.45) is 11.3. The summed E-state index contributed by atoms with van der Waals surface area (Å²) < 4.78 is 0. The Morgan fingerprint density at radius 1 is 0.462 bits per heavy atom. The minimum Gasteiger partial charge on any atom is -0.248 e. The van der Waals surface area contributed by atoms with Crippen LogP contribution < -0.4 is 0 Å². The van der Waals surface area contributed by atoms with Gasteiger partial charge >= 0.3 is 0 Å². The summed E-state index contributed by atoms with van der Waals surface area (Å²) in [4.78, 5) is 21.2. The first kappa shape index (κ1) is 34.4. The average molecular weight is 685 g/mol. The van der Waals surface area contributed by atoms with E-state index in [1.165, 1.54) is 88.6 Å². The topological polar surface area (TPSA) is 51.6 Å². The number of aromatic nitrogens is 4. The number of nitrogens with zero attached hydrogens (tertiary/aromatic N) is 4. The van der Waals surface area contributed by atoms with E-state index in [9.17, 15) is 0 Å². The minimum absolute atomic E-state index is 0.125. The molecule has 2 aromatic heterocycles. The SMILES string of the molecule is CCCCCCc1nc(CCCCCC)nc(-c2cc(-c3cccc4c3C(C)(C)c3ccccc3-4)nc3cc4c(cc23)-c2ccccc2C4(C)C)n1. The lowest BCUT2D eigenvalue weighted by molar-refractivity contribution is 0.630. The summed E-state index contributed by atoms with van der Waals surface area (Å²) in [5.74, 6) is 2.62. The Balaban J connectivity index is 1.36. The molecule has 0 fully saturated rings. The Morgan fingerprint density at radius 2 is 1.04 bits per heavy atom. The predicted molar refractivity (Wildman–Crippen MR) is 217 cm³/mol. The van der Waals surface area contributed by atoms with Crippen LogP contribution in [0.2, 0.25) is 0 Å². The standard InChI is InChI=1S/C48H52N4/c1-7-9-11-13-26-43-50-44(27-14-12-10-8-2)52-46(51-43)37-29-41(34-23-19-22-33-31-20-15-18-25-39(31)48(5,6)45(33)34)49-42-30-40-35(28-36(37)42)32-21-16-17-24-38(32)47(40,3)4/h15-25,28-30H,7-14,26-27H2,1-6H3. The molecule has 4 aromatic carbocycles. The first-order valence-corrected chi connectivity index (χ1v) is 19.8. The van der Waals surface area contributed by atoms with Crippen molar-refractivity contribution in [2.75, 3.05) is 0 Å². The van der Waals surface area contributed by atoms with Gasteiger partial charge in [0.2, 0.25) is 0 Å². The molecule has 2 heterocycles. The van der Waals surface area contributed by atoms with Crippen molar-refractivity contribution in [3.05, 3.63) is 119 Å². The lowest BCUT2D eigenvalue weighted by atomic mass is 9.79. The van der Waals surface area contributed by atoms with Crippen LogP contribution in [0.1, 0.15) is 127 Å². The maximum absolute atomic E-state index is 5.56. The van der Waals surface area contributed by atoms with E-state index in [4.69, 9.17) is 19.9 Å². The molecule has 0 saturated carbocycles. The summed E-state index contributed by atoms with van der Waals surface area (Å²) in [5.41, 5.74) is 14.5. The number of hydrogen-bond donors (Lipinski definition) is 0. The fraction of sp³-hybridized carbons (Fsp3) is 0.375. The Bertz CT molecular complexity index is 2270. The van der Waals surface area contributed by atoms with Crippen molar-refractivity contribution in [3.63, 3.8) is 0 Å². The first-order valence-electron chi connectivity index (χ1n) is 19.8. The van der Waals surface area contributed by atoms with Gasteiger partial charge in [-0.15, -0.1) is 0 Å². The molecule has 0 unspecified atom stereocenters. The van der Waals surface area contributed by atoms with E-state index in [1.54, 1.807) is 0 Å². The highest BCUT2D eigenvalue weighted by molar-refractivity contribution is 6.01. The molecular formula is C48H52N4. The second-order valence-electron chi connectivity index (χ2n) is 16.2. The fourth-order valence-corrected chi connectivity index (χ4v) is 9.04. The van der Waals surface area contributed by atoms with E-state index in [0.717, 1.165) is 65.3 Å². The van der Waals surface area contributed by atoms with Gasteiger partial charge in [0.1, 0.15) is 11.6 Å². The first-order chi connectivity index (χ1) is 25.2. The number of aryl methyl sites for hydroxylation is 2. The van der Waals surface area contributed by atoms with Crippen LogP contribution >= 0.6 is 0 Å². The Labute approximate surface area is 310 Å². The van der Waals surface area contributed by atoms with E-state index in [0.29, 0.717) is 0 Å². The molecule has 8 rings (SSSR count). The summed E-state index contributed by atoms with van der Waals surface area (Å²) in [7, 11) is 0. The molecule has 2 aliphatic rings. The third kappa shape index (κ3) is 5.85. The highest BCUT2D eigenvalue weighted by Gasteiger charge is 2.39. The largest absolute Gasteiger partial charge is 0.248 e. The van der Waals surface area contributed by atoms with E-state index >= 15 is 0 Å². The molecule has 4 nitrogen and oxygen atoms in total. The highest BCUT2D eigenvalue weighted by Crippen LogP contribution is 2.53. The maximum Gasteiger partial charge on any atom is 0.164 e. The zero-order chi connectivity index (χ0) is 36.0. The lowest BCUT2D eigenvalue weighted by Crippen LogP contribution is -2.16. The number of unbranched alkanes of at least 4 members (excludes halogenated alkanes) is 6. The molecule has 264 valence electrons. The molecule has 0 N–H and O–H groups in total. The molecule has 0 saturated heterocycles. The molecule has 2 aliphatic carbocycles. The van der Waals surface area contributed by atoms with Gasteiger partial charge in [0.15, 0.2) is 5.82 Å². The van der Waals surface area contributed by atoms with Crippen LogP contribution in [0.5, 0.6) is 0 Å². The molecule has 52 heavy (non-hydrogen) atoms. The van der Waals surface area contributed by atoms with Crippen LogP contribution in [0, 0.1) is 0 Å². The van der Waals surface area contributed by atoms with Gasteiger partial charge in [-0.1, -0.05) is 147 Å². The van der Waals surface area contributed by atoms with Gasteiger partial charge in [-0.3, -0.25) is 0 Å². The number of pyridine rings is 1. The molecule has 0 spiro atoms. The van der Waals surface area contributed by atoms with E-state index < -0.39 is 0 Å². The second kappa shape index (κ2) is 13.7. The van der Waals surface area contributed by atoms with Crippen molar-refractivity contribution in [2.24, 2.45) is 0 Å².